The van der Waals surface area contributed by atoms with E-state index >= 15 is 0 Å². The van der Waals surface area contributed by atoms with Crippen molar-refractivity contribution in [2.45, 2.75) is 32.2 Å². The van der Waals surface area contributed by atoms with Crippen LogP contribution in [0.4, 0.5) is 0 Å². The first-order valence-corrected chi connectivity index (χ1v) is 4.72. The molecule has 1 atom stereocenters. The molecular weight excluding hydrogens is 164 g/mol. The van der Waals surface area contributed by atoms with Gasteiger partial charge in [0.05, 0.1) is 0 Å². The van der Waals surface area contributed by atoms with E-state index in [4.69, 9.17) is 5.73 Å². The lowest BCUT2D eigenvalue weighted by Gasteiger charge is -2.18. The van der Waals surface area contributed by atoms with Crippen LogP contribution < -0.4 is 5.73 Å². The lowest BCUT2D eigenvalue weighted by molar-refractivity contribution is 0.402. The molecule has 1 saturated carbocycles. The Morgan fingerprint density at radius 1 is 1.69 bits per heavy atom. The van der Waals surface area contributed by atoms with Gasteiger partial charge in [0.2, 0.25) is 0 Å². The molecule has 2 rings (SSSR count). The summed E-state index contributed by atoms with van der Waals surface area (Å²) in [6.45, 7) is 2.09. The summed E-state index contributed by atoms with van der Waals surface area (Å²) in [7, 11) is 1.93. The molecule has 0 amide bonds. The number of aromatic nitrogens is 3. The Morgan fingerprint density at radius 3 is 2.77 bits per heavy atom. The Labute approximate surface area is 78.1 Å². The zero-order chi connectivity index (χ0) is 9.47. The average molecular weight is 180 g/mol. The maximum absolute atomic E-state index is 5.94. The van der Waals surface area contributed by atoms with Crippen molar-refractivity contribution in [1.82, 2.24) is 14.8 Å². The summed E-state index contributed by atoms with van der Waals surface area (Å²) in [5.41, 5.74) is 6.26. The van der Waals surface area contributed by atoms with Gasteiger partial charge in [-0.2, -0.15) is 5.10 Å². The van der Waals surface area contributed by atoms with Gasteiger partial charge in [0.25, 0.3) is 0 Å². The quantitative estimate of drug-likeness (QED) is 0.736. The normalized spacial score (nSPS) is 21.5. The molecule has 2 N–H and O–H groups in total. The van der Waals surface area contributed by atoms with E-state index in [2.05, 4.69) is 17.0 Å². The second kappa shape index (κ2) is 2.80. The molecule has 1 aliphatic carbocycles. The molecule has 13 heavy (non-hydrogen) atoms. The van der Waals surface area contributed by atoms with Crippen LogP contribution in [-0.4, -0.2) is 20.8 Å². The molecule has 72 valence electrons. The van der Waals surface area contributed by atoms with E-state index in [9.17, 15) is 0 Å². The lowest BCUT2D eigenvalue weighted by atomic mass is 9.94. The summed E-state index contributed by atoms with van der Waals surface area (Å²) in [6.07, 6.45) is 5.04. The van der Waals surface area contributed by atoms with Crippen LogP contribution in [0.1, 0.15) is 25.6 Å². The zero-order valence-corrected chi connectivity index (χ0v) is 8.20. The largest absolute Gasteiger partial charge is 0.327 e. The average Bonchev–Trinajstić information content (AvgIpc) is 2.74. The molecule has 0 radical (unpaired) electrons. The fourth-order valence-electron chi connectivity index (χ4n) is 1.75. The highest BCUT2D eigenvalue weighted by Crippen LogP contribution is 2.50. The fourth-order valence-corrected chi connectivity index (χ4v) is 1.75. The smallest absolute Gasteiger partial charge is 0.138 e. The van der Waals surface area contributed by atoms with Gasteiger partial charge in [-0.15, -0.1) is 0 Å². The summed E-state index contributed by atoms with van der Waals surface area (Å²) in [6, 6.07) is 0.268. The van der Waals surface area contributed by atoms with E-state index in [0.717, 1.165) is 12.2 Å². The van der Waals surface area contributed by atoms with Gasteiger partial charge in [0.15, 0.2) is 0 Å². The van der Waals surface area contributed by atoms with Crippen molar-refractivity contribution in [3.63, 3.8) is 0 Å². The van der Waals surface area contributed by atoms with E-state index in [1.165, 1.54) is 12.8 Å². The van der Waals surface area contributed by atoms with Crippen molar-refractivity contribution in [3.8, 4) is 0 Å². The SMILES string of the molecule is CC(N)C1(Cc2ncnn2C)CC1. The van der Waals surface area contributed by atoms with E-state index in [1.54, 1.807) is 6.33 Å². The molecule has 1 unspecified atom stereocenters. The molecule has 0 spiro atoms. The van der Waals surface area contributed by atoms with Crippen molar-refractivity contribution >= 4 is 0 Å². The molecule has 4 nitrogen and oxygen atoms in total. The number of nitrogens with zero attached hydrogens (tertiary/aromatic N) is 3. The second-order valence-corrected chi connectivity index (χ2v) is 4.13. The highest BCUT2D eigenvalue weighted by atomic mass is 15.3. The van der Waals surface area contributed by atoms with E-state index in [1.807, 2.05) is 11.7 Å². The third kappa shape index (κ3) is 1.46. The second-order valence-electron chi connectivity index (χ2n) is 4.13. The molecule has 0 aliphatic heterocycles. The molecule has 1 aromatic heterocycles. The zero-order valence-electron chi connectivity index (χ0n) is 8.20. The summed E-state index contributed by atoms with van der Waals surface area (Å²) >= 11 is 0. The van der Waals surface area contributed by atoms with Crippen LogP contribution in [-0.2, 0) is 13.5 Å². The molecule has 1 fully saturated rings. The van der Waals surface area contributed by atoms with E-state index in [-0.39, 0.29) is 6.04 Å². The molecule has 1 aliphatic rings. The van der Waals surface area contributed by atoms with Gasteiger partial charge in [0, 0.05) is 19.5 Å². The van der Waals surface area contributed by atoms with Gasteiger partial charge >= 0.3 is 0 Å². The fraction of sp³-hybridized carbons (Fsp3) is 0.778. The van der Waals surface area contributed by atoms with Gasteiger partial charge in [-0.25, -0.2) is 4.98 Å². The lowest BCUT2D eigenvalue weighted by Crippen LogP contribution is -2.30. The third-order valence-electron chi connectivity index (χ3n) is 3.17. The molecule has 0 bridgehead atoms. The van der Waals surface area contributed by atoms with Gasteiger partial charge in [-0.05, 0) is 25.2 Å². The van der Waals surface area contributed by atoms with Crippen LogP contribution >= 0.6 is 0 Å². The first-order chi connectivity index (χ1) is 6.14. The van der Waals surface area contributed by atoms with Crippen LogP contribution in [0.5, 0.6) is 0 Å². The van der Waals surface area contributed by atoms with Crippen molar-refractivity contribution in [2.75, 3.05) is 0 Å². The monoisotopic (exact) mass is 180 g/mol. The molecule has 1 aromatic rings. The van der Waals surface area contributed by atoms with E-state index < -0.39 is 0 Å². The highest BCUT2D eigenvalue weighted by Gasteiger charge is 2.46. The Balaban J connectivity index is 2.10. The maximum Gasteiger partial charge on any atom is 0.138 e. The van der Waals surface area contributed by atoms with Crippen LogP contribution in [0.2, 0.25) is 0 Å². The Hall–Kier alpha value is -0.900. The topological polar surface area (TPSA) is 56.7 Å². The minimum Gasteiger partial charge on any atom is -0.327 e. The number of nitrogens with two attached hydrogens (primary N) is 1. The minimum absolute atomic E-state index is 0.268. The standard InChI is InChI=1S/C9H16N4/c1-7(10)9(3-4-9)5-8-11-6-12-13(8)2/h6-7H,3-5,10H2,1-2H3. The van der Waals surface area contributed by atoms with Gasteiger partial charge < -0.3 is 5.73 Å². The predicted molar refractivity (Wildman–Crippen MR) is 50.0 cm³/mol. The summed E-state index contributed by atoms with van der Waals surface area (Å²) in [5.74, 6) is 1.05. The Morgan fingerprint density at radius 2 is 2.38 bits per heavy atom. The Bertz CT molecular complexity index is 298. The number of aryl methyl sites for hydroxylation is 1. The summed E-state index contributed by atoms with van der Waals surface area (Å²) in [5, 5.41) is 4.05. The van der Waals surface area contributed by atoms with E-state index in [0.29, 0.717) is 5.41 Å². The van der Waals surface area contributed by atoms with Crippen LogP contribution in [0.3, 0.4) is 0 Å². The summed E-state index contributed by atoms with van der Waals surface area (Å²) in [4.78, 5) is 4.22. The van der Waals surface area contributed by atoms with Crippen LogP contribution in [0.15, 0.2) is 6.33 Å². The molecular formula is C9H16N4. The predicted octanol–water partition coefficient (Wildman–Crippen LogP) is 0.485. The first kappa shape index (κ1) is 8.69. The third-order valence-corrected chi connectivity index (χ3v) is 3.17. The first-order valence-electron chi connectivity index (χ1n) is 4.72. The summed E-state index contributed by atoms with van der Waals surface area (Å²) < 4.78 is 1.84. The highest BCUT2D eigenvalue weighted by molar-refractivity contribution is 5.05. The number of hydrogen-bond acceptors (Lipinski definition) is 3. The van der Waals surface area contributed by atoms with Crippen LogP contribution in [0.25, 0.3) is 0 Å². The molecule has 0 aromatic carbocycles. The minimum atomic E-state index is 0.268. The number of hydrogen-bond donors (Lipinski definition) is 1. The van der Waals surface area contributed by atoms with Gasteiger partial charge in [0.1, 0.15) is 12.2 Å². The van der Waals surface area contributed by atoms with Crippen LogP contribution in [0, 0.1) is 5.41 Å². The maximum atomic E-state index is 5.94. The van der Waals surface area contributed by atoms with Crippen molar-refractivity contribution in [3.05, 3.63) is 12.2 Å². The molecule has 1 heterocycles. The van der Waals surface area contributed by atoms with Crippen molar-refractivity contribution in [2.24, 2.45) is 18.2 Å². The van der Waals surface area contributed by atoms with Crippen molar-refractivity contribution in [1.29, 1.82) is 0 Å². The number of rotatable bonds is 3. The molecule has 4 heteroatoms. The van der Waals surface area contributed by atoms with Gasteiger partial charge in [-0.3, -0.25) is 4.68 Å². The van der Waals surface area contributed by atoms with Crippen molar-refractivity contribution < 1.29 is 0 Å². The molecule has 0 saturated heterocycles. The van der Waals surface area contributed by atoms with Gasteiger partial charge in [-0.1, -0.05) is 0 Å². The Kier molecular flexibility index (Phi) is 1.87.